The molecule has 0 amide bonds. The Hall–Kier alpha value is -1.48. The summed E-state index contributed by atoms with van der Waals surface area (Å²) in [5, 5.41) is 0. The minimum atomic E-state index is -5.72. The predicted molar refractivity (Wildman–Crippen MR) is 100.0 cm³/mol. The molecule has 182 valence electrons. The van der Waals surface area contributed by atoms with Gasteiger partial charge < -0.3 is 29.0 Å². The molecule has 0 saturated carbocycles. The molecule has 0 radical (unpaired) electrons. The van der Waals surface area contributed by atoms with E-state index in [1.807, 2.05) is 4.98 Å². The summed E-state index contributed by atoms with van der Waals surface area (Å²) in [6.07, 6.45) is -2.48. The molecule has 1 saturated heterocycles. The number of aryl methyl sites for hydroxylation is 1. The van der Waals surface area contributed by atoms with Gasteiger partial charge in [0.2, 0.25) is 0 Å². The molecule has 1 aromatic heterocycles. The molecule has 0 aromatic carbocycles. The van der Waals surface area contributed by atoms with Crippen molar-refractivity contribution in [1.82, 2.24) is 9.55 Å². The maximum atomic E-state index is 12.1. The fraction of sp³-hybridized carbons (Fsp3) is 0.583. The van der Waals surface area contributed by atoms with Crippen LogP contribution in [0.25, 0.3) is 0 Å². The van der Waals surface area contributed by atoms with E-state index < -0.39 is 65.7 Å². The van der Waals surface area contributed by atoms with Gasteiger partial charge in [-0.05, 0) is 6.92 Å². The number of hydrogen-bond acceptors (Lipinski definition) is 11. The molecule has 2 heterocycles. The Morgan fingerprint density at radius 2 is 1.81 bits per heavy atom. The Kier molecular flexibility index (Phi) is 8.19. The minimum absolute atomic E-state index is 0.143. The summed E-state index contributed by atoms with van der Waals surface area (Å²) in [4.78, 5) is 72.7. The highest BCUT2D eigenvalue weighted by atomic mass is 31.3. The van der Waals surface area contributed by atoms with Gasteiger partial charge in [-0.2, -0.15) is 8.62 Å². The second-order valence-electron chi connectivity index (χ2n) is 6.38. The van der Waals surface area contributed by atoms with E-state index in [-0.39, 0.29) is 12.0 Å². The summed E-state index contributed by atoms with van der Waals surface area (Å²) in [5.74, 6) is -0.771. The van der Waals surface area contributed by atoms with E-state index in [2.05, 4.69) is 13.1 Å². The summed E-state index contributed by atoms with van der Waals surface area (Å²) in [6, 6.07) is 0. The molecule has 32 heavy (non-hydrogen) atoms. The number of nitrogens with zero attached hydrogens (tertiary/aromatic N) is 1. The third-order valence-corrected chi connectivity index (χ3v) is 7.57. The molecule has 0 spiro atoms. The Bertz CT molecular complexity index is 1120. The van der Waals surface area contributed by atoms with Gasteiger partial charge in [0, 0.05) is 25.1 Å². The quantitative estimate of drug-likeness (QED) is 0.200. The second kappa shape index (κ2) is 9.79. The van der Waals surface area contributed by atoms with Gasteiger partial charge in [-0.3, -0.25) is 23.7 Å². The predicted octanol–water partition coefficient (Wildman–Crippen LogP) is -0.592. The number of esters is 1. The molecule has 5 N–H and O–H groups in total. The minimum Gasteiger partial charge on any atom is -0.460 e. The van der Waals surface area contributed by atoms with Crippen molar-refractivity contribution in [3.63, 3.8) is 0 Å². The first-order valence-corrected chi connectivity index (χ1v) is 12.9. The van der Waals surface area contributed by atoms with Crippen LogP contribution >= 0.6 is 23.5 Å². The van der Waals surface area contributed by atoms with Gasteiger partial charge in [-0.25, -0.2) is 18.5 Å². The molecule has 1 aliphatic heterocycles. The molecule has 5 atom stereocenters. The first-order chi connectivity index (χ1) is 14.5. The lowest BCUT2D eigenvalue weighted by molar-refractivity contribution is -0.150. The Balaban J connectivity index is 2.15. The number of aromatic amines is 1. The Morgan fingerprint density at radius 3 is 2.38 bits per heavy atom. The number of aromatic nitrogens is 2. The summed E-state index contributed by atoms with van der Waals surface area (Å²) in [7, 11) is -16.7. The Labute approximate surface area is 178 Å². The van der Waals surface area contributed by atoms with Crippen LogP contribution in [0.1, 0.15) is 25.1 Å². The lowest BCUT2D eigenvalue weighted by atomic mass is 10.2. The molecule has 5 unspecified atom stereocenters. The summed E-state index contributed by atoms with van der Waals surface area (Å²) < 4.78 is 57.1. The lowest BCUT2D eigenvalue weighted by Crippen LogP contribution is -2.33. The van der Waals surface area contributed by atoms with Crippen LogP contribution in [-0.2, 0) is 41.1 Å². The largest absolute Gasteiger partial charge is 0.490 e. The first kappa shape index (κ1) is 26.8. The van der Waals surface area contributed by atoms with Crippen molar-refractivity contribution in [2.24, 2.45) is 0 Å². The third kappa shape index (κ3) is 7.83. The maximum Gasteiger partial charge on any atom is 0.490 e. The van der Waals surface area contributed by atoms with Crippen molar-refractivity contribution in [3.8, 4) is 0 Å². The van der Waals surface area contributed by atoms with Crippen LogP contribution in [0, 0.1) is 6.92 Å². The molecule has 2 rings (SSSR count). The second-order valence-corrected chi connectivity index (χ2v) is 10.8. The monoisotopic (exact) mass is 524 g/mol. The normalized spacial score (nSPS) is 25.1. The number of ether oxygens (including phenoxy) is 2. The Morgan fingerprint density at radius 1 is 1.19 bits per heavy atom. The number of hydrogen-bond donors (Lipinski definition) is 5. The smallest absolute Gasteiger partial charge is 0.460 e. The molecular formula is C12H19N2O15P3. The van der Waals surface area contributed by atoms with E-state index >= 15 is 0 Å². The average molecular weight is 524 g/mol. The topological polar surface area (TPSA) is 250 Å². The van der Waals surface area contributed by atoms with E-state index in [1.54, 1.807) is 0 Å². The number of carbonyl (C=O) groups excluding carboxylic acids is 1. The summed E-state index contributed by atoms with van der Waals surface area (Å²) in [5.41, 5.74) is -1.32. The number of phosphoric ester groups is 1. The zero-order valence-corrected chi connectivity index (χ0v) is 19.0. The van der Waals surface area contributed by atoms with Crippen molar-refractivity contribution in [3.05, 3.63) is 32.6 Å². The van der Waals surface area contributed by atoms with Gasteiger partial charge in [0.25, 0.3) is 5.56 Å². The zero-order valence-electron chi connectivity index (χ0n) is 16.3. The highest BCUT2D eigenvalue weighted by Gasteiger charge is 2.44. The molecular weight excluding hydrogens is 505 g/mol. The lowest BCUT2D eigenvalue weighted by Gasteiger charge is -2.20. The van der Waals surface area contributed by atoms with Crippen molar-refractivity contribution >= 4 is 29.4 Å². The van der Waals surface area contributed by atoms with Crippen LogP contribution in [0.2, 0.25) is 0 Å². The standard InChI is InChI=1S/C12H19N2O15P3/c1-6-4-14(12(17)13-11(6)16)10-3-8(26-7(2)15)9(27-10)5-25-31(21,22)29-32(23,24)28-30(18,19)20/h4,8-10H,3,5H2,1-2H3,(H,21,22)(H,23,24)(H,13,16,17)(H2,18,19,20). The van der Waals surface area contributed by atoms with Crippen LogP contribution in [0.15, 0.2) is 15.8 Å². The zero-order chi connectivity index (χ0) is 24.5. The highest BCUT2D eigenvalue weighted by molar-refractivity contribution is 7.66. The summed E-state index contributed by atoms with van der Waals surface area (Å²) in [6.45, 7) is 1.58. The molecule has 1 fully saturated rings. The SMILES string of the molecule is CC(=O)OC1CC(n2cc(C)c(=O)[nH]c2=O)OC1COP(=O)(O)OP(=O)(O)OP(=O)(O)O. The van der Waals surface area contributed by atoms with Crippen LogP contribution in [0.5, 0.6) is 0 Å². The van der Waals surface area contributed by atoms with Crippen molar-refractivity contribution in [1.29, 1.82) is 0 Å². The molecule has 17 nitrogen and oxygen atoms in total. The van der Waals surface area contributed by atoms with E-state index in [9.17, 15) is 33.0 Å². The van der Waals surface area contributed by atoms with Gasteiger partial charge in [0.1, 0.15) is 18.4 Å². The van der Waals surface area contributed by atoms with Crippen LogP contribution in [-0.4, -0.2) is 53.9 Å². The number of rotatable bonds is 9. The fourth-order valence-corrected chi connectivity index (χ4v) is 5.66. The van der Waals surface area contributed by atoms with Gasteiger partial charge >= 0.3 is 35.1 Å². The van der Waals surface area contributed by atoms with Crippen LogP contribution in [0.3, 0.4) is 0 Å². The molecule has 20 heteroatoms. The molecule has 1 aromatic rings. The van der Waals surface area contributed by atoms with Crippen LogP contribution < -0.4 is 11.2 Å². The number of nitrogens with one attached hydrogen (secondary N) is 1. The van der Waals surface area contributed by atoms with Crippen LogP contribution in [0.4, 0.5) is 0 Å². The first-order valence-electron chi connectivity index (χ1n) is 8.41. The van der Waals surface area contributed by atoms with Gasteiger partial charge in [0.15, 0.2) is 0 Å². The molecule has 0 aliphatic carbocycles. The number of phosphoric acid groups is 3. The molecule has 1 aliphatic rings. The van der Waals surface area contributed by atoms with E-state index in [4.69, 9.17) is 24.2 Å². The maximum absolute atomic E-state index is 12.1. The van der Waals surface area contributed by atoms with Crippen molar-refractivity contribution in [2.75, 3.05) is 6.61 Å². The van der Waals surface area contributed by atoms with Gasteiger partial charge in [-0.1, -0.05) is 0 Å². The van der Waals surface area contributed by atoms with E-state index in [0.717, 1.165) is 11.5 Å². The number of H-pyrrole nitrogens is 1. The van der Waals surface area contributed by atoms with E-state index in [0.29, 0.717) is 0 Å². The third-order valence-electron chi connectivity index (χ3n) is 3.77. The number of carbonyl (C=O) groups is 1. The van der Waals surface area contributed by atoms with Gasteiger partial charge in [0.05, 0.1) is 6.61 Å². The van der Waals surface area contributed by atoms with Gasteiger partial charge in [-0.15, -0.1) is 0 Å². The van der Waals surface area contributed by atoms with Crippen molar-refractivity contribution < 1.29 is 60.7 Å². The van der Waals surface area contributed by atoms with E-state index in [1.165, 1.54) is 13.1 Å². The summed E-state index contributed by atoms with van der Waals surface area (Å²) >= 11 is 0. The highest BCUT2D eigenvalue weighted by Crippen LogP contribution is 2.66. The average Bonchev–Trinajstić information content (AvgIpc) is 2.95. The van der Waals surface area contributed by atoms with Crippen molar-refractivity contribution in [2.45, 2.75) is 38.7 Å². The fourth-order valence-electron chi connectivity index (χ4n) is 2.63. The molecule has 0 bridgehead atoms.